The van der Waals surface area contributed by atoms with Crippen LogP contribution in [0.2, 0.25) is 0 Å². The zero-order valence-corrected chi connectivity index (χ0v) is 8.69. The predicted octanol–water partition coefficient (Wildman–Crippen LogP) is 3.07. The van der Waals surface area contributed by atoms with Gasteiger partial charge in [-0.15, -0.1) is 0 Å². The Kier molecular flexibility index (Phi) is 3.60. The van der Waals surface area contributed by atoms with Crippen molar-refractivity contribution in [1.82, 2.24) is 4.98 Å². The summed E-state index contributed by atoms with van der Waals surface area (Å²) in [5.41, 5.74) is 2.57. The van der Waals surface area contributed by atoms with Gasteiger partial charge in [-0.3, -0.25) is 4.98 Å². The van der Waals surface area contributed by atoms with Crippen LogP contribution in [-0.2, 0) is 5.75 Å². The average Bonchev–Trinajstić information content (AvgIpc) is 2.05. The van der Waals surface area contributed by atoms with Crippen LogP contribution < -0.4 is 0 Å². The van der Waals surface area contributed by atoms with E-state index in [2.05, 4.69) is 37.2 Å². The third kappa shape index (κ3) is 2.52. The van der Waals surface area contributed by atoms with Gasteiger partial charge < -0.3 is 0 Å². The molecule has 0 bridgehead atoms. The maximum absolute atomic E-state index is 4.31. The van der Waals surface area contributed by atoms with E-state index < -0.39 is 0 Å². The summed E-state index contributed by atoms with van der Waals surface area (Å²) in [5.74, 6) is 1.62. The van der Waals surface area contributed by atoms with Gasteiger partial charge in [0.15, 0.2) is 0 Å². The van der Waals surface area contributed by atoms with E-state index in [9.17, 15) is 0 Å². The van der Waals surface area contributed by atoms with E-state index >= 15 is 0 Å². The molecule has 1 heterocycles. The second kappa shape index (κ2) is 4.51. The molecule has 0 aliphatic carbocycles. The van der Waals surface area contributed by atoms with Gasteiger partial charge in [0.25, 0.3) is 0 Å². The molecule has 0 spiro atoms. The first kappa shape index (κ1) is 9.59. The molecule has 0 unspecified atom stereocenters. The van der Waals surface area contributed by atoms with E-state index in [-0.39, 0.29) is 0 Å². The molecule has 0 saturated heterocycles. The van der Waals surface area contributed by atoms with Crippen LogP contribution in [0.15, 0.2) is 18.3 Å². The number of pyridine rings is 1. The van der Waals surface area contributed by atoms with E-state index in [0.29, 0.717) is 5.92 Å². The smallest absolute Gasteiger partial charge is 0.0432 e. The van der Waals surface area contributed by atoms with Gasteiger partial charge in [0, 0.05) is 17.6 Å². The van der Waals surface area contributed by atoms with Crippen molar-refractivity contribution in [3.63, 3.8) is 0 Å². The summed E-state index contributed by atoms with van der Waals surface area (Å²) >= 11 is 1.85. The summed E-state index contributed by atoms with van der Waals surface area (Å²) in [6.07, 6.45) is 4.02. The molecule has 0 saturated carbocycles. The highest BCUT2D eigenvalue weighted by atomic mass is 32.2. The summed E-state index contributed by atoms with van der Waals surface area (Å²) in [6.45, 7) is 4.34. The molecule has 0 aromatic carbocycles. The molecule has 0 aliphatic rings. The Morgan fingerprint density at radius 1 is 1.50 bits per heavy atom. The molecular weight excluding hydrogens is 166 g/mol. The van der Waals surface area contributed by atoms with Gasteiger partial charge in [0.1, 0.15) is 0 Å². The second-order valence-electron chi connectivity index (χ2n) is 3.18. The molecule has 1 aromatic heterocycles. The van der Waals surface area contributed by atoms with Gasteiger partial charge in [-0.25, -0.2) is 0 Å². The number of thioether (sulfide) groups is 1. The summed E-state index contributed by atoms with van der Waals surface area (Å²) in [5, 5.41) is 0. The van der Waals surface area contributed by atoms with E-state index in [1.165, 1.54) is 11.3 Å². The Morgan fingerprint density at radius 3 is 2.83 bits per heavy atom. The quantitative estimate of drug-likeness (QED) is 0.710. The van der Waals surface area contributed by atoms with Gasteiger partial charge in [-0.2, -0.15) is 11.8 Å². The van der Waals surface area contributed by atoms with Crippen LogP contribution in [0.25, 0.3) is 0 Å². The minimum Gasteiger partial charge on any atom is -0.261 e. The highest BCUT2D eigenvalue weighted by molar-refractivity contribution is 7.97. The van der Waals surface area contributed by atoms with Gasteiger partial charge in [0.2, 0.25) is 0 Å². The fraction of sp³-hybridized carbons (Fsp3) is 0.500. The Labute approximate surface area is 78.6 Å². The Balaban J connectivity index is 2.81. The maximum Gasteiger partial charge on any atom is 0.0432 e. The molecule has 0 radical (unpaired) electrons. The molecular formula is C10H15NS. The van der Waals surface area contributed by atoms with Crippen LogP contribution in [0.3, 0.4) is 0 Å². The lowest BCUT2D eigenvalue weighted by molar-refractivity contribution is 0.820. The van der Waals surface area contributed by atoms with Crippen LogP contribution in [-0.4, -0.2) is 11.2 Å². The molecule has 12 heavy (non-hydrogen) atoms. The zero-order valence-electron chi connectivity index (χ0n) is 7.87. The predicted molar refractivity (Wildman–Crippen MR) is 55.5 cm³/mol. The SMILES string of the molecule is CSCc1ccnc(C(C)C)c1. The molecule has 66 valence electrons. The topological polar surface area (TPSA) is 12.9 Å². The Hall–Kier alpha value is -0.500. The molecule has 0 aliphatic heterocycles. The van der Waals surface area contributed by atoms with Crippen molar-refractivity contribution >= 4 is 11.8 Å². The molecule has 1 nitrogen and oxygen atoms in total. The fourth-order valence-electron chi connectivity index (χ4n) is 1.07. The van der Waals surface area contributed by atoms with Crippen molar-refractivity contribution in [2.75, 3.05) is 6.26 Å². The summed E-state index contributed by atoms with van der Waals surface area (Å²) in [6, 6.07) is 4.28. The first-order valence-electron chi connectivity index (χ1n) is 4.18. The third-order valence-electron chi connectivity index (χ3n) is 1.75. The highest BCUT2D eigenvalue weighted by Gasteiger charge is 2.00. The summed E-state index contributed by atoms with van der Waals surface area (Å²) in [7, 11) is 0. The van der Waals surface area contributed by atoms with Crippen LogP contribution in [0.4, 0.5) is 0 Å². The van der Waals surface area contributed by atoms with Crippen molar-refractivity contribution in [1.29, 1.82) is 0 Å². The van der Waals surface area contributed by atoms with Crippen molar-refractivity contribution in [3.8, 4) is 0 Å². The van der Waals surface area contributed by atoms with Gasteiger partial charge in [-0.1, -0.05) is 13.8 Å². The molecule has 2 heteroatoms. The monoisotopic (exact) mass is 181 g/mol. The van der Waals surface area contributed by atoms with Crippen molar-refractivity contribution in [2.45, 2.75) is 25.5 Å². The number of hydrogen-bond acceptors (Lipinski definition) is 2. The average molecular weight is 181 g/mol. The van der Waals surface area contributed by atoms with Gasteiger partial charge in [-0.05, 0) is 29.9 Å². The van der Waals surface area contributed by atoms with E-state index in [4.69, 9.17) is 0 Å². The standard InChI is InChI=1S/C10H15NS/c1-8(2)10-6-9(7-12-3)4-5-11-10/h4-6,8H,7H2,1-3H3. The largest absolute Gasteiger partial charge is 0.261 e. The van der Waals surface area contributed by atoms with Crippen LogP contribution in [0.1, 0.15) is 31.0 Å². The minimum absolute atomic E-state index is 0.534. The number of aromatic nitrogens is 1. The van der Waals surface area contributed by atoms with Gasteiger partial charge in [0.05, 0.1) is 0 Å². The third-order valence-corrected chi connectivity index (χ3v) is 2.37. The van der Waals surface area contributed by atoms with E-state index in [1.807, 2.05) is 18.0 Å². The maximum atomic E-state index is 4.31. The van der Waals surface area contributed by atoms with Crippen LogP contribution in [0, 0.1) is 0 Å². The van der Waals surface area contributed by atoms with E-state index in [1.54, 1.807) is 0 Å². The molecule has 0 amide bonds. The van der Waals surface area contributed by atoms with Crippen LogP contribution >= 0.6 is 11.8 Å². The normalized spacial score (nSPS) is 10.7. The molecule has 0 atom stereocenters. The molecule has 1 rings (SSSR count). The molecule has 0 N–H and O–H groups in total. The Bertz CT molecular complexity index is 245. The first-order chi connectivity index (χ1) is 5.74. The number of nitrogens with zero attached hydrogens (tertiary/aromatic N) is 1. The first-order valence-corrected chi connectivity index (χ1v) is 5.57. The minimum atomic E-state index is 0.534. The second-order valence-corrected chi connectivity index (χ2v) is 4.04. The molecule has 1 aromatic rings. The van der Waals surface area contributed by atoms with Crippen LogP contribution in [0.5, 0.6) is 0 Å². The van der Waals surface area contributed by atoms with Crippen molar-refractivity contribution < 1.29 is 0 Å². The fourth-order valence-corrected chi connectivity index (χ4v) is 1.58. The summed E-state index contributed by atoms with van der Waals surface area (Å²) < 4.78 is 0. The highest BCUT2D eigenvalue weighted by Crippen LogP contribution is 2.15. The van der Waals surface area contributed by atoms with E-state index in [0.717, 1.165) is 5.75 Å². The van der Waals surface area contributed by atoms with Crippen molar-refractivity contribution in [3.05, 3.63) is 29.6 Å². The summed E-state index contributed by atoms with van der Waals surface area (Å²) in [4.78, 5) is 4.31. The van der Waals surface area contributed by atoms with Crippen molar-refractivity contribution in [2.24, 2.45) is 0 Å². The van der Waals surface area contributed by atoms with Gasteiger partial charge >= 0.3 is 0 Å². The lowest BCUT2D eigenvalue weighted by Gasteiger charge is -2.05. The Morgan fingerprint density at radius 2 is 2.25 bits per heavy atom. The molecule has 0 fully saturated rings. The lowest BCUT2D eigenvalue weighted by atomic mass is 10.1. The number of rotatable bonds is 3. The lowest BCUT2D eigenvalue weighted by Crippen LogP contribution is -1.93. The number of hydrogen-bond donors (Lipinski definition) is 0. The zero-order chi connectivity index (χ0) is 8.97.